The predicted octanol–water partition coefficient (Wildman–Crippen LogP) is 2.49. The van der Waals surface area contributed by atoms with E-state index in [9.17, 15) is 9.59 Å². The molecule has 1 saturated heterocycles. The second kappa shape index (κ2) is 5.39. The largest absolute Gasteiger partial charge is 0.352 e. The van der Waals surface area contributed by atoms with Crippen molar-refractivity contribution < 1.29 is 9.59 Å². The average molecular weight is 304 g/mol. The van der Waals surface area contributed by atoms with Crippen molar-refractivity contribution in [1.29, 1.82) is 0 Å². The van der Waals surface area contributed by atoms with Crippen molar-refractivity contribution in [3.05, 3.63) is 11.6 Å². The normalized spacial score (nSPS) is 32.5. The summed E-state index contributed by atoms with van der Waals surface area (Å²) in [7, 11) is 0. The number of rotatable bonds is 4. The van der Waals surface area contributed by atoms with Gasteiger partial charge in [0.25, 0.3) is 0 Å². The van der Waals surface area contributed by atoms with Gasteiger partial charge in [-0.2, -0.15) is 0 Å². The van der Waals surface area contributed by atoms with E-state index in [2.05, 4.69) is 39.1 Å². The van der Waals surface area contributed by atoms with E-state index in [0.717, 1.165) is 32.2 Å². The first-order valence-electron chi connectivity index (χ1n) is 8.58. The molecule has 3 rings (SSSR count). The fourth-order valence-electron chi connectivity index (χ4n) is 3.83. The van der Waals surface area contributed by atoms with Crippen LogP contribution in [0.25, 0.3) is 0 Å². The summed E-state index contributed by atoms with van der Waals surface area (Å²) in [5, 5.41) is 3.06. The Labute approximate surface area is 133 Å². The summed E-state index contributed by atoms with van der Waals surface area (Å²) in [5.74, 6) is 0.598. The van der Waals surface area contributed by atoms with Crippen molar-refractivity contribution in [1.82, 2.24) is 10.2 Å². The molecular formula is C18H28N2O2. The maximum atomic E-state index is 12.9. The lowest BCUT2D eigenvalue weighted by Crippen LogP contribution is -2.47. The summed E-state index contributed by atoms with van der Waals surface area (Å²) in [6.07, 6.45) is 6.15. The molecule has 1 aliphatic heterocycles. The van der Waals surface area contributed by atoms with Crippen LogP contribution >= 0.6 is 0 Å². The fraction of sp³-hybridized carbons (Fsp3) is 0.778. The molecule has 3 fully saturated rings. The second-order valence-corrected chi connectivity index (χ2v) is 8.04. The molecule has 0 radical (unpaired) electrons. The molecule has 2 saturated carbocycles. The minimum atomic E-state index is -0.239. The quantitative estimate of drug-likeness (QED) is 0.811. The van der Waals surface area contributed by atoms with E-state index < -0.39 is 0 Å². The molecule has 4 nitrogen and oxygen atoms in total. The summed E-state index contributed by atoms with van der Waals surface area (Å²) in [4.78, 5) is 27.2. The Morgan fingerprint density at radius 1 is 1.18 bits per heavy atom. The van der Waals surface area contributed by atoms with Crippen LogP contribution in [0.4, 0.5) is 0 Å². The zero-order chi connectivity index (χ0) is 16.1. The van der Waals surface area contributed by atoms with Crippen LogP contribution in [-0.4, -0.2) is 35.3 Å². The number of amides is 2. The number of hydrogen-bond acceptors (Lipinski definition) is 2. The van der Waals surface area contributed by atoms with E-state index in [4.69, 9.17) is 0 Å². The third kappa shape index (κ3) is 2.80. The van der Waals surface area contributed by atoms with E-state index in [-0.39, 0.29) is 29.2 Å². The topological polar surface area (TPSA) is 49.4 Å². The van der Waals surface area contributed by atoms with E-state index in [0.29, 0.717) is 12.0 Å². The highest BCUT2D eigenvalue weighted by Crippen LogP contribution is 2.60. The van der Waals surface area contributed by atoms with Crippen LogP contribution in [0, 0.1) is 17.3 Å². The Balaban J connectivity index is 1.68. The zero-order valence-electron chi connectivity index (χ0n) is 14.2. The summed E-state index contributed by atoms with van der Waals surface area (Å²) < 4.78 is 0. The third-order valence-electron chi connectivity index (χ3n) is 5.45. The molecular weight excluding hydrogens is 276 g/mol. The first-order chi connectivity index (χ1) is 10.3. The molecule has 122 valence electrons. The molecule has 2 aliphatic carbocycles. The van der Waals surface area contributed by atoms with Crippen LogP contribution in [0.15, 0.2) is 11.6 Å². The van der Waals surface area contributed by atoms with Gasteiger partial charge in [-0.3, -0.25) is 9.59 Å². The molecule has 2 amide bonds. The molecule has 0 unspecified atom stereocenters. The monoisotopic (exact) mass is 304 g/mol. The Hall–Kier alpha value is -1.32. The molecule has 0 bridgehead atoms. The molecule has 22 heavy (non-hydrogen) atoms. The van der Waals surface area contributed by atoms with Gasteiger partial charge in [-0.1, -0.05) is 25.5 Å². The predicted molar refractivity (Wildman–Crippen MR) is 86.1 cm³/mol. The molecule has 3 atom stereocenters. The summed E-state index contributed by atoms with van der Waals surface area (Å²) >= 11 is 0. The standard InChI is InChI=1S/C18H28N2O2/c1-11(2)10-13-15(18(13,3)4)17(22)20-9-5-6-14(20)16(21)19-12-7-8-12/h10,12-15H,5-9H2,1-4H3,(H,19,21)/t13-,14-,15+/m1/s1. The number of hydrogen-bond donors (Lipinski definition) is 1. The minimum Gasteiger partial charge on any atom is -0.352 e. The van der Waals surface area contributed by atoms with Gasteiger partial charge in [-0.15, -0.1) is 0 Å². The van der Waals surface area contributed by atoms with Crippen LogP contribution in [0.2, 0.25) is 0 Å². The van der Waals surface area contributed by atoms with Gasteiger partial charge in [0.05, 0.1) is 5.92 Å². The number of allylic oxidation sites excluding steroid dienone is 2. The lowest BCUT2D eigenvalue weighted by atomic mass is 10.1. The summed E-state index contributed by atoms with van der Waals surface area (Å²) in [5.41, 5.74) is 1.28. The molecule has 0 spiro atoms. The Kier molecular flexibility index (Phi) is 3.82. The van der Waals surface area contributed by atoms with Crippen LogP contribution in [0.1, 0.15) is 53.4 Å². The van der Waals surface area contributed by atoms with Crippen molar-refractivity contribution >= 4 is 11.8 Å². The van der Waals surface area contributed by atoms with Gasteiger partial charge >= 0.3 is 0 Å². The first kappa shape index (κ1) is 15.6. The fourth-order valence-corrected chi connectivity index (χ4v) is 3.83. The van der Waals surface area contributed by atoms with E-state index in [1.165, 1.54) is 5.57 Å². The van der Waals surface area contributed by atoms with Gasteiger partial charge in [0.15, 0.2) is 0 Å². The Morgan fingerprint density at radius 2 is 1.86 bits per heavy atom. The van der Waals surface area contributed by atoms with Gasteiger partial charge in [0.2, 0.25) is 11.8 Å². The van der Waals surface area contributed by atoms with Gasteiger partial charge in [0.1, 0.15) is 6.04 Å². The lowest BCUT2D eigenvalue weighted by molar-refractivity contribution is -0.140. The van der Waals surface area contributed by atoms with Crippen LogP contribution in [0.5, 0.6) is 0 Å². The van der Waals surface area contributed by atoms with E-state index in [1.54, 1.807) is 0 Å². The van der Waals surface area contributed by atoms with Gasteiger partial charge in [-0.05, 0) is 50.9 Å². The van der Waals surface area contributed by atoms with Crippen molar-refractivity contribution in [3.8, 4) is 0 Å². The Bertz CT molecular complexity index is 515. The highest BCUT2D eigenvalue weighted by molar-refractivity contribution is 5.91. The first-order valence-corrected chi connectivity index (χ1v) is 8.58. The molecule has 1 heterocycles. The third-order valence-corrected chi connectivity index (χ3v) is 5.45. The van der Waals surface area contributed by atoms with Crippen molar-refractivity contribution in [3.63, 3.8) is 0 Å². The number of likely N-dealkylation sites (tertiary alicyclic amines) is 1. The zero-order valence-corrected chi connectivity index (χ0v) is 14.2. The smallest absolute Gasteiger partial charge is 0.243 e. The number of nitrogens with zero attached hydrogens (tertiary/aromatic N) is 1. The second-order valence-electron chi connectivity index (χ2n) is 8.04. The van der Waals surface area contributed by atoms with Crippen molar-refractivity contribution in [2.75, 3.05) is 6.54 Å². The van der Waals surface area contributed by atoms with Crippen molar-refractivity contribution in [2.45, 2.75) is 65.5 Å². The number of carbonyl (C=O) groups is 2. The maximum Gasteiger partial charge on any atom is 0.243 e. The van der Waals surface area contributed by atoms with Gasteiger partial charge in [-0.25, -0.2) is 0 Å². The van der Waals surface area contributed by atoms with Crippen molar-refractivity contribution in [2.24, 2.45) is 17.3 Å². The highest BCUT2D eigenvalue weighted by Gasteiger charge is 2.62. The molecule has 0 aromatic carbocycles. The van der Waals surface area contributed by atoms with Crippen LogP contribution in [-0.2, 0) is 9.59 Å². The molecule has 0 aromatic heterocycles. The molecule has 3 aliphatic rings. The molecule has 4 heteroatoms. The summed E-state index contributed by atoms with van der Waals surface area (Å²) in [6, 6.07) is 0.123. The Morgan fingerprint density at radius 3 is 2.45 bits per heavy atom. The number of nitrogens with one attached hydrogen (secondary N) is 1. The van der Waals surface area contributed by atoms with Gasteiger partial charge < -0.3 is 10.2 Å². The lowest BCUT2D eigenvalue weighted by Gasteiger charge is -2.24. The molecule has 1 N–H and O–H groups in total. The SMILES string of the molecule is CC(C)=C[C@@H]1[C@@H](C(=O)N2CCC[C@@H]2C(=O)NC2CC2)C1(C)C. The summed E-state index contributed by atoms with van der Waals surface area (Å²) in [6.45, 7) is 9.22. The average Bonchev–Trinajstić information content (AvgIpc) is 3.24. The van der Waals surface area contributed by atoms with Gasteiger partial charge in [0, 0.05) is 12.6 Å². The maximum absolute atomic E-state index is 12.9. The highest BCUT2D eigenvalue weighted by atomic mass is 16.2. The van der Waals surface area contributed by atoms with Crippen LogP contribution < -0.4 is 5.32 Å². The van der Waals surface area contributed by atoms with E-state index >= 15 is 0 Å². The number of carbonyl (C=O) groups excluding carboxylic acids is 2. The van der Waals surface area contributed by atoms with E-state index in [1.807, 2.05) is 4.90 Å². The molecule has 0 aromatic rings. The van der Waals surface area contributed by atoms with Crippen LogP contribution in [0.3, 0.4) is 0 Å². The minimum absolute atomic E-state index is 0.0223.